The Labute approximate surface area is 151 Å². The zero-order valence-corrected chi connectivity index (χ0v) is 15.5. The molecule has 5 nitrogen and oxygen atoms in total. The van der Waals surface area contributed by atoms with Gasteiger partial charge in [0.15, 0.2) is 0 Å². The van der Waals surface area contributed by atoms with Crippen molar-refractivity contribution in [2.24, 2.45) is 0 Å². The zero-order valence-electron chi connectivity index (χ0n) is 15.5. The molecule has 0 radical (unpaired) electrons. The quantitative estimate of drug-likeness (QED) is 0.884. The van der Waals surface area contributed by atoms with E-state index in [9.17, 15) is 9.90 Å². The Kier molecular flexibility index (Phi) is 6.10. The first kappa shape index (κ1) is 18.4. The molecule has 3 rings (SSSR count). The van der Waals surface area contributed by atoms with Gasteiger partial charge in [0.1, 0.15) is 0 Å². The van der Waals surface area contributed by atoms with Gasteiger partial charge in [-0.25, -0.2) is 0 Å². The fourth-order valence-electron chi connectivity index (χ4n) is 4.08. The minimum Gasteiger partial charge on any atom is -0.391 e. The highest BCUT2D eigenvalue weighted by atomic mass is 16.3. The lowest BCUT2D eigenvalue weighted by Crippen LogP contribution is -2.45. The molecule has 2 aliphatic rings. The summed E-state index contributed by atoms with van der Waals surface area (Å²) in [7, 11) is 2.16. The number of likely N-dealkylation sites (N-methyl/N-ethyl adjacent to an activating group) is 1. The molecule has 2 fully saturated rings. The summed E-state index contributed by atoms with van der Waals surface area (Å²) in [6.45, 7) is 7.56. The first-order valence-corrected chi connectivity index (χ1v) is 9.52. The Morgan fingerprint density at radius 1 is 1.04 bits per heavy atom. The first-order valence-electron chi connectivity index (χ1n) is 9.52. The second kappa shape index (κ2) is 8.30. The summed E-state index contributed by atoms with van der Waals surface area (Å²) in [6.07, 6.45) is 2.31. The van der Waals surface area contributed by atoms with Crippen LogP contribution in [0.25, 0.3) is 0 Å². The van der Waals surface area contributed by atoms with E-state index < -0.39 is 0 Å². The maximum Gasteiger partial charge on any atom is 0.254 e. The fraction of sp³-hybridized carbons (Fsp3) is 0.650. The lowest BCUT2D eigenvalue weighted by Gasteiger charge is -2.32. The third-order valence-electron chi connectivity index (χ3n) is 5.72. The minimum atomic E-state index is -0.349. The zero-order chi connectivity index (χ0) is 17.8. The standard InChI is InChI=1S/C20H31N3O2/c1-16-6-3-4-7-17(16)20(25)23-12-8-18(19(24)9-13-23)22-11-5-10-21(2)14-15-22/h3-4,6-7,18-19,24H,5,8-15H2,1-2H3/t18-,19-/m0/s1. The molecule has 5 heteroatoms. The Morgan fingerprint density at radius 2 is 1.80 bits per heavy atom. The van der Waals surface area contributed by atoms with Crippen molar-refractivity contribution in [2.45, 2.75) is 38.3 Å². The number of hydrogen-bond donors (Lipinski definition) is 1. The number of nitrogens with zero attached hydrogens (tertiary/aromatic N) is 3. The molecule has 1 aromatic carbocycles. The van der Waals surface area contributed by atoms with Crippen LogP contribution < -0.4 is 0 Å². The van der Waals surface area contributed by atoms with Crippen LogP contribution in [0.3, 0.4) is 0 Å². The van der Waals surface area contributed by atoms with Crippen LogP contribution in [0.15, 0.2) is 24.3 Å². The van der Waals surface area contributed by atoms with E-state index in [0.717, 1.165) is 56.7 Å². The largest absolute Gasteiger partial charge is 0.391 e. The molecule has 1 amide bonds. The molecular formula is C20H31N3O2. The number of carbonyl (C=O) groups excluding carboxylic acids is 1. The minimum absolute atomic E-state index is 0.0987. The molecule has 0 aliphatic carbocycles. The van der Waals surface area contributed by atoms with E-state index in [1.807, 2.05) is 36.1 Å². The van der Waals surface area contributed by atoms with Gasteiger partial charge in [-0.15, -0.1) is 0 Å². The second-order valence-corrected chi connectivity index (χ2v) is 7.51. The molecule has 2 heterocycles. The van der Waals surface area contributed by atoms with Crippen LogP contribution in [0.5, 0.6) is 0 Å². The molecule has 0 spiro atoms. The molecule has 1 N–H and O–H groups in total. The topological polar surface area (TPSA) is 47.0 Å². The van der Waals surface area contributed by atoms with Gasteiger partial charge in [0.2, 0.25) is 0 Å². The third kappa shape index (κ3) is 4.40. The highest BCUT2D eigenvalue weighted by Gasteiger charge is 2.32. The predicted octanol–water partition coefficient (Wildman–Crippen LogP) is 1.60. The van der Waals surface area contributed by atoms with Crippen LogP contribution in [0.1, 0.15) is 35.2 Å². The van der Waals surface area contributed by atoms with Crippen molar-refractivity contribution in [3.05, 3.63) is 35.4 Å². The molecule has 25 heavy (non-hydrogen) atoms. The average Bonchev–Trinajstić information content (AvgIpc) is 2.93. The maximum atomic E-state index is 12.9. The molecule has 138 valence electrons. The maximum absolute atomic E-state index is 12.9. The van der Waals surface area contributed by atoms with Gasteiger partial charge in [-0.05, 0) is 58.0 Å². The molecule has 2 atom stereocenters. The van der Waals surface area contributed by atoms with Crippen molar-refractivity contribution in [2.75, 3.05) is 46.3 Å². The van der Waals surface area contributed by atoms with Crippen molar-refractivity contribution >= 4 is 5.91 Å². The highest BCUT2D eigenvalue weighted by Crippen LogP contribution is 2.21. The average molecular weight is 345 g/mol. The second-order valence-electron chi connectivity index (χ2n) is 7.51. The number of likely N-dealkylation sites (tertiary alicyclic amines) is 1. The number of aliphatic hydroxyl groups excluding tert-OH is 1. The van der Waals surface area contributed by atoms with Gasteiger partial charge in [0.05, 0.1) is 6.10 Å². The smallest absolute Gasteiger partial charge is 0.254 e. The van der Waals surface area contributed by atoms with Gasteiger partial charge in [-0.3, -0.25) is 9.69 Å². The third-order valence-corrected chi connectivity index (χ3v) is 5.72. The summed E-state index contributed by atoms with van der Waals surface area (Å²) < 4.78 is 0. The van der Waals surface area contributed by atoms with Crippen molar-refractivity contribution in [1.82, 2.24) is 14.7 Å². The normalized spacial score (nSPS) is 26.9. The SMILES string of the molecule is Cc1ccccc1C(=O)N1CC[C@H](O)[C@@H](N2CCCN(C)CC2)CC1. The molecule has 0 saturated carbocycles. The highest BCUT2D eigenvalue weighted by molar-refractivity contribution is 5.95. The number of carbonyl (C=O) groups is 1. The summed E-state index contributed by atoms with van der Waals surface area (Å²) in [5, 5.41) is 10.7. The summed E-state index contributed by atoms with van der Waals surface area (Å²) in [5.41, 5.74) is 1.80. The lowest BCUT2D eigenvalue weighted by atomic mass is 10.0. The van der Waals surface area contributed by atoms with Crippen molar-refractivity contribution in [3.8, 4) is 0 Å². The van der Waals surface area contributed by atoms with Crippen molar-refractivity contribution in [1.29, 1.82) is 0 Å². The first-order chi connectivity index (χ1) is 12.1. The van der Waals surface area contributed by atoms with Gasteiger partial charge in [-0.2, -0.15) is 0 Å². The van der Waals surface area contributed by atoms with E-state index in [-0.39, 0.29) is 18.1 Å². The lowest BCUT2D eigenvalue weighted by molar-refractivity contribution is 0.0491. The monoisotopic (exact) mass is 345 g/mol. The summed E-state index contributed by atoms with van der Waals surface area (Å²) in [6, 6.07) is 7.94. The number of benzene rings is 1. The van der Waals surface area contributed by atoms with Crippen LogP contribution in [0, 0.1) is 6.92 Å². The van der Waals surface area contributed by atoms with Gasteiger partial charge < -0.3 is 14.9 Å². The van der Waals surface area contributed by atoms with Gasteiger partial charge in [0, 0.05) is 37.8 Å². The van der Waals surface area contributed by atoms with Crippen LogP contribution >= 0.6 is 0 Å². The summed E-state index contributed by atoms with van der Waals surface area (Å²) in [5.74, 6) is 0.0987. The summed E-state index contributed by atoms with van der Waals surface area (Å²) >= 11 is 0. The fourth-order valence-corrected chi connectivity index (χ4v) is 4.08. The van der Waals surface area contributed by atoms with Crippen LogP contribution in [-0.4, -0.2) is 84.2 Å². The number of rotatable bonds is 2. The molecule has 0 unspecified atom stereocenters. The van der Waals surface area contributed by atoms with E-state index in [0.29, 0.717) is 13.0 Å². The van der Waals surface area contributed by atoms with Gasteiger partial charge in [0.25, 0.3) is 5.91 Å². The Hall–Kier alpha value is -1.43. The van der Waals surface area contributed by atoms with E-state index in [2.05, 4.69) is 16.8 Å². The number of aryl methyl sites for hydroxylation is 1. The van der Waals surface area contributed by atoms with Crippen LogP contribution in [-0.2, 0) is 0 Å². The molecule has 0 bridgehead atoms. The van der Waals surface area contributed by atoms with Crippen molar-refractivity contribution < 1.29 is 9.90 Å². The number of amides is 1. The van der Waals surface area contributed by atoms with Gasteiger partial charge >= 0.3 is 0 Å². The Morgan fingerprint density at radius 3 is 2.60 bits per heavy atom. The molecule has 2 aliphatic heterocycles. The number of hydrogen-bond acceptors (Lipinski definition) is 4. The predicted molar refractivity (Wildman–Crippen MR) is 99.8 cm³/mol. The Balaban J connectivity index is 1.66. The Bertz CT molecular complexity index is 592. The molecule has 1 aromatic rings. The van der Waals surface area contributed by atoms with Crippen molar-refractivity contribution in [3.63, 3.8) is 0 Å². The van der Waals surface area contributed by atoms with E-state index in [1.54, 1.807) is 0 Å². The van der Waals surface area contributed by atoms with E-state index >= 15 is 0 Å². The van der Waals surface area contributed by atoms with E-state index in [4.69, 9.17) is 0 Å². The van der Waals surface area contributed by atoms with Gasteiger partial charge in [-0.1, -0.05) is 18.2 Å². The van der Waals surface area contributed by atoms with E-state index in [1.165, 1.54) is 0 Å². The van der Waals surface area contributed by atoms with Crippen LogP contribution in [0.4, 0.5) is 0 Å². The molecule has 0 aromatic heterocycles. The summed E-state index contributed by atoms with van der Waals surface area (Å²) in [4.78, 5) is 19.6. The number of aliphatic hydroxyl groups is 1. The molecule has 2 saturated heterocycles. The van der Waals surface area contributed by atoms with Crippen LogP contribution in [0.2, 0.25) is 0 Å². The molecular weight excluding hydrogens is 314 g/mol.